The molecule has 0 heterocycles. The highest BCUT2D eigenvalue weighted by molar-refractivity contribution is 5.85. The van der Waals surface area contributed by atoms with Crippen molar-refractivity contribution < 1.29 is 18.3 Å². The Morgan fingerprint density at radius 2 is 1.88 bits per heavy atom. The van der Waals surface area contributed by atoms with Gasteiger partial charge in [0.25, 0.3) is 0 Å². The molecule has 2 nitrogen and oxygen atoms in total. The number of hydrogen-bond acceptors (Lipinski definition) is 2. The number of rotatable bonds is 2. The predicted octanol–water partition coefficient (Wildman–Crippen LogP) is 3.24. The summed E-state index contributed by atoms with van der Waals surface area (Å²) in [4.78, 5) is 0. The third-order valence-corrected chi connectivity index (χ3v) is 2.14. The zero-order chi connectivity index (χ0) is 11.6. The van der Waals surface area contributed by atoms with E-state index in [9.17, 15) is 13.2 Å². The Morgan fingerprint density at radius 3 is 2.31 bits per heavy atom. The lowest BCUT2D eigenvalue weighted by molar-refractivity contribution is -0.137. The SMILES string of the molecule is CC[C@@H](N)c1cc(O)cc(C(F)(F)F)c1.Cl. The van der Waals surface area contributed by atoms with E-state index in [2.05, 4.69) is 0 Å². The van der Waals surface area contributed by atoms with Crippen LogP contribution in [0, 0.1) is 0 Å². The van der Waals surface area contributed by atoms with Crippen LogP contribution in [0.25, 0.3) is 0 Å². The van der Waals surface area contributed by atoms with Crippen molar-refractivity contribution in [3.8, 4) is 5.75 Å². The number of nitrogens with two attached hydrogens (primary N) is 1. The molecule has 0 spiro atoms. The first-order valence-corrected chi connectivity index (χ1v) is 4.51. The smallest absolute Gasteiger partial charge is 0.416 e. The maximum atomic E-state index is 12.4. The Bertz CT molecular complexity index is 354. The largest absolute Gasteiger partial charge is 0.508 e. The van der Waals surface area contributed by atoms with Crippen LogP contribution in [0.4, 0.5) is 13.2 Å². The Balaban J connectivity index is 0.00000225. The summed E-state index contributed by atoms with van der Waals surface area (Å²) in [7, 11) is 0. The average Bonchev–Trinajstić information content (AvgIpc) is 2.14. The minimum absolute atomic E-state index is 0. The molecule has 0 saturated carbocycles. The van der Waals surface area contributed by atoms with Crippen LogP contribution in [0.15, 0.2) is 18.2 Å². The van der Waals surface area contributed by atoms with Gasteiger partial charge in [-0.1, -0.05) is 6.92 Å². The van der Waals surface area contributed by atoms with Gasteiger partial charge >= 0.3 is 6.18 Å². The van der Waals surface area contributed by atoms with Gasteiger partial charge in [0.1, 0.15) is 5.75 Å². The molecule has 3 N–H and O–H groups in total. The van der Waals surface area contributed by atoms with Crippen LogP contribution in [0.2, 0.25) is 0 Å². The van der Waals surface area contributed by atoms with E-state index in [0.29, 0.717) is 18.1 Å². The summed E-state index contributed by atoms with van der Waals surface area (Å²) in [5.74, 6) is -0.413. The zero-order valence-corrected chi connectivity index (χ0v) is 9.40. The zero-order valence-electron chi connectivity index (χ0n) is 8.58. The standard InChI is InChI=1S/C10H12F3NO.ClH/c1-2-9(14)6-3-7(10(11,12)13)5-8(15)4-6;/h3-5,9,15H,2,14H2,1H3;1H/t9-;/m1./s1. The van der Waals surface area contributed by atoms with E-state index < -0.39 is 23.5 Å². The summed E-state index contributed by atoms with van der Waals surface area (Å²) >= 11 is 0. The topological polar surface area (TPSA) is 46.2 Å². The Morgan fingerprint density at radius 1 is 1.31 bits per heavy atom. The van der Waals surface area contributed by atoms with Gasteiger partial charge in [-0.15, -0.1) is 12.4 Å². The monoisotopic (exact) mass is 255 g/mol. The normalized spacial score (nSPS) is 13.1. The summed E-state index contributed by atoms with van der Waals surface area (Å²) in [5.41, 5.74) is 5.02. The van der Waals surface area contributed by atoms with Crippen LogP contribution in [-0.2, 0) is 6.18 Å². The van der Waals surface area contributed by atoms with E-state index in [4.69, 9.17) is 10.8 Å². The molecule has 16 heavy (non-hydrogen) atoms. The molecule has 1 aromatic carbocycles. The van der Waals surface area contributed by atoms with Gasteiger partial charge in [0.15, 0.2) is 0 Å². The molecular weight excluding hydrogens is 243 g/mol. The lowest BCUT2D eigenvalue weighted by Gasteiger charge is -2.13. The van der Waals surface area contributed by atoms with Crippen LogP contribution in [0.1, 0.15) is 30.5 Å². The molecule has 0 saturated heterocycles. The quantitative estimate of drug-likeness (QED) is 0.852. The molecule has 0 fully saturated rings. The molecule has 0 unspecified atom stereocenters. The molecule has 92 valence electrons. The van der Waals surface area contributed by atoms with Crippen molar-refractivity contribution in [2.75, 3.05) is 0 Å². The van der Waals surface area contributed by atoms with Crippen LogP contribution >= 0.6 is 12.4 Å². The lowest BCUT2D eigenvalue weighted by Crippen LogP contribution is -2.11. The molecule has 0 aliphatic heterocycles. The molecule has 0 aliphatic rings. The fourth-order valence-corrected chi connectivity index (χ4v) is 1.25. The molecule has 1 rings (SSSR count). The maximum absolute atomic E-state index is 12.4. The fraction of sp³-hybridized carbons (Fsp3) is 0.400. The molecule has 6 heteroatoms. The van der Waals surface area contributed by atoms with Gasteiger partial charge in [-0.05, 0) is 30.2 Å². The van der Waals surface area contributed by atoms with Gasteiger partial charge in [0.2, 0.25) is 0 Å². The minimum Gasteiger partial charge on any atom is -0.508 e. The number of hydrogen-bond donors (Lipinski definition) is 2. The van der Waals surface area contributed by atoms with Crippen molar-refractivity contribution in [2.45, 2.75) is 25.6 Å². The van der Waals surface area contributed by atoms with Gasteiger partial charge in [-0.2, -0.15) is 13.2 Å². The average molecular weight is 256 g/mol. The molecule has 0 amide bonds. The van der Waals surface area contributed by atoms with Crippen molar-refractivity contribution in [2.24, 2.45) is 5.73 Å². The number of alkyl halides is 3. The van der Waals surface area contributed by atoms with Crippen molar-refractivity contribution in [3.63, 3.8) is 0 Å². The Hall–Kier alpha value is -0.940. The predicted molar refractivity (Wildman–Crippen MR) is 57.6 cm³/mol. The van der Waals surface area contributed by atoms with Gasteiger partial charge < -0.3 is 10.8 Å². The lowest BCUT2D eigenvalue weighted by atomic mass is 10.0. The van der Waals surface area contributed by atoms with Gasteiger partial charge in [0.05, 0.1) is 5.56 Å². The highest BCUT2D eigenvalue weighted by Crippen LogP contribution is 2.33. The number of phenols is 1. The molecule has 0 radical (unpaired) electrons. The third kappa shape index (κ3) is 3.57. The summed E-state index contributed by atoms with van der Waals surface area (Å²) < 4.78 is 37.1. The molecule has 0 bridgehead atoms. The highest BCUT2D eigenvalue weighted by Gasteiger charge is 2.31. The number of aromatic hydroxyl groups is 1. The van der Waals surface area contributed by atoms with Crippen LogP contribution in [-0.4, -0.2) is 5.11 Å². The van der Waals surface area contributed by atoms with E-state index in [0.717, 1.165) is 6.07 Å². The van der Waals surface area contributed by atoms with E-state index in [1.54, 1.807) is 6.92 Å². The Labute approximate surface area is 97.7 Å². The second-order valence-electron chi connectivity index (χ2n) is 3.33. The summed E-state index contributed by atoms with van der Waals surface area (Å²) in [6, 6.07) is 2.42. The summed E-state index contributed by atoms with van der Waals surface area (Å²) in [6.45, 7) is 1.77. The van der Waals surface area contributed by atoms with Crippen LogP contribution in [0.5, 0.6) is 5.75 Å². The minimum atomic E-state index is -4.46. The Kier molecular flexibility index (Phi) is 5.09. The van der Waals surface area contributed by atoms with Gasteiger partial charge in [0, 0.05) is 6.04 Å². The van der Waals surface area contributed by atoms with Gasteiger partial charge in [-0.25, -0.2) is 0 Å². The van der Waals surface area contributed by atoms with E-state index in [1.165, 1.54) is 6.07 Å². The van der Waals surface area contributed by atoms with Crippen molar-refractivity contribution in [1.82, 2.24) is 0 Å². The third-order valence-electron chi connectivity index (χ3n) is 2.14. The van der Waals surface area contributed by atoms with Crippen molar-refractivity contribution in [3.05, 3.63) is 29.3 Å². The van der Waals surface area contributed by atoms with E-state index >= 15 is 0 Å². The first kappa shape index (κ1) is 15.1. The van der Waals surface area contributed by atoms with Gasteiger partial charge in [-0.3, -0.25) is 0 Å². The number of halogens is 4. The number of benzene rings is 1. The van der Waals surface area contributed by atoms with Crippen molar-refractivity contribution >= 4 is 12.4 Å². The molecule has 0 aliphatic carbocycles. The second-order valence-corrected chi connectivity index (χ2v) is 3.33. The summed E-state index contributed by atoms with van der Waals surface area (Å²) in [5, 5.41) is 9.15. The van der Waals surface area contributed by atoms with Crippen LogP contribution < -0.4 is 5.73 Å². The van der Waals surface area contributed by atoms with E-state index in [1.807, 2.05) is 0 Å². The fourth-order valence-electron chi connectivity index (χ4n) is 1.25. The molecule has 1 atom stereocenters. The van der Waals surface area contributed by atoms with E-state index in [-0.39, 0.29) is 12.4 Å². The highest BCUT2D eigenvalue weighted by atomic mass is 35.5. The van der Waals surface area contributed by atoms with Crippen molar-refractivity contribution in [1.29, 1.82) is 0 Å². The first-order valence-electron chi connectivity index (χ1n) is 4.51. The molecular formula is C10H13ClF3NO. The second kappa shape index (κ2) is 5.41. The van der Waals surface area contributed by atoms with Crippen LogP contribution in [0.3, 0.4) is 0 Å². The first-order chi connectivity index (χ1) is 6.84. The molecule has 1 aromatic rings. The number of phenolic OH excluding ortho intramolecular Hbond substituents is 1. The molecule has 0 aromatic heterocycles. The summed E-state index contributed by atoms with van der Waals surface area (Å²) in [6.07, 6.45) is -3.94. The maximum Gasteiger partial charge on any atom is 0.416 e.